The van der Waals surface area contributed by atoms with Crippen LogP contribution in [0.3, 0.4) is 0 Å². The van der Waals surface area contributed by atoms with Crippen LogP contribution in [0.1, 0.15) is 0 Å². The molecular formula is C6H14ClN3O5S2. The smallest absolute Gasteiger partial charge is 0.293 e. The maximum atomic E-state index is 11.4. The maximum Gasteiger partial charge on any atom is 0.333 e. The van der Waals surface area contributed by atoms with Gasteiger partial charge in [0.15, 0.2) is 19.7 Å². The highest BCUT2D eigenvalue weighted by atomic mass is 35.5. The predicted molar refractivity (Wildman–Crippen MR) is 63.6 cm³/mol. The quantitative estimate of drug-likeness (QED) is 0.275. The minimum absolute atomic E-state index is 0.130. The Hall–Kier alpha value is -0.580. The Balaban J connectivity index is 5.64. The van der Waals surface area contributed by atoms with E-state index in [4.69, 9.17) is 17.4 Å². The van der Waals surface area contributed by atoms with E-state index in [1.807, 2.05) is 0 Å². The zero-order valence-electron chi connectivity index (χ0n) is 9.25. The molecule has 0 aromatic carbocycles. The summed E-state index contributed by atoms with van der Waals surface area (Å²) < 4.78 is 43.7. The molecule has 0 radical (unpaired) electrons. The van der Waals surface area contributed by atoms with Gasteiger partial charge in [-0.15, -0.1) is 11.6 Å². The van der Waals surface area contributed by atoms with E-state index in [0.717, 1.165) is 0 Å². The summed E-state index contributed by atoms with van der Waals surface area (Å²) in [6, 6.07) is -1.04. The highest BCUT2D eigenvalue weighted by Gasteiger charge is 2.39. The van der Waals surface area contributed by atoms with Gasteiger partial charge >= 0.3 is 6.03 Å². The number of sulfone groups is 2. The third-order valence-electron chi connectivity index (χ3n) is 1.70. The van der Waals surface area contributed by atoms with E-state index in [9.17, 15) is 21.6 Å². The summed E-state index contributed by atoms with van der Waals surface area (Å²) >= 11 is 5.39. The lowest BCUT2D eigenvalue weighted by atomic mass is 10.6. The fourth-order valence-electron chi connectivity index (χ4n) is 1.26. The second kappa shape index (κ2) is 5.85. The van der Waals surface area contributed by atoms with Crippen molar-refractivity contribution in [2.75, 3.05) is 24.9 Å². The summed E-state index contributed by atoms with van der Waals surface area (Å²) in [6.45, 7) is -0.268. The lowest BCUT2D eigenvalue weighted by Gasteiger charge is -2.27. The van der Waals surface area contributed by atoms with Crippen molar-refractivity contribution in [1.82, 2.24) is 10.3 Å². The first-order chi connectivity index (χ1) is 7.55. The zero-order chi connectivity index (χ0) is 13.9. The lowest BCUT2D eigenvalue weighted by molar-refractivity contribution is 0.204. The van der Waals surface area contributed by atoms with E-state index < -0.39 is 30.4 Å². The highest BCUT2D eigenvalue weighted by molar-refractivity contribution is 8.08. The maximum absolute atomic E-state index is 11.4. The van der Waals surface area contributed by atoms with Gasteiger partial charge in [-0.25, -0.2) is 27.5 Å². The average Bonchev–Trinajstić information content (AvgIpc) is 2.11. The molecule has 0 atom stereocenters. The van der Waals surface area contributed by atoms with Gasteiger partial charge in [-0.05, 0) is 0 Å². The standard InChI is InChI=1S/C6H14ClN3O5S2/c1-16(12,13)6(17(2,14)15)10(4-3-7)5(11)9-8/h6H,3-4,8H2,1-2H3,(H,9,11). The first-order valence-corrected chi connectivity index (χ1v) is 8.71. The summed E-state index contributed by atoms with van der Waals surface area (Å²) in [6.07, 6.45) is 1.42. The number of hydrogen-bond acceptors (Lipinski definition) is 6. The van der Waals surface area contributed by atoms with Crippen LogP contribution in [0.15, 0.2) is 0 Å². The molecule has 0 fully saturated rings. The zero-order valence-corrected chi connectivity index (χ0v) is 11.6. The normalized spacial score (nSPS) is 12.5. The largest absolute Gasteiger partial charge is 0.333 e. The second-order valence-electron chi connectivity index (χ2n) is 3.30. The van der Waals surface area contributed by atoms with Crippen LogP contribution in [0.4, 0.5) is 4.79 Å². The number of nitrogens with two attached hydrogens (primary N) is 1. The van der Waals surface area contributed by atoms with E-state index >= 15 is 0 Å². The number of nitrogens with zero attached hydrogens (tertiary/aromatic N) is 1. The molecule has 102 valence electrons. The van der Waals surface area contributed by atoms with Gasteiger partial charge < -0.3 is 0 Å². The summed E-state index contributed by atoms with van der Waals surface area (Å²) in [5, 5.41) is 0. The topological polar surface area (TPSA) is 127 Å². The first kappa shape index (κ1) is 16.4. The van der Waals surface area contributed by atoms with Gasteiger partial charge in [0.05, 0.1) is 0 Å². The number of amides is 2. The highest BCUT2D eigenvalue weighted by Crippen LogP contribution is 2.13. The summed E-state index contributed by atoms with van der Waals surface area (Å²) in [4.78, 5) is 11.9. The molecule has 0 aliphatic rings. The van der Waals surface area contributed by atoms with Crippen LogP contribution in [0, 0.1) is 0 Å². The van der Waals surface area contributed by atoms with Crippen LogP contribution in [-0.4, -0.2) is 57.4 Å². The van der Waals surface area contributed by atoms with Crippen LogP contribution in [0.25, 0.3) is 0 Å². The van der Waals surface area contributed by atoms with Crippen molar-refractivity contribution in [3.05, 3.63) is 0 Å². The molecule has 2 amide bonds. The van der Waals surface area contributed by atoms with Gasteiger partial charge in [0.25, 0.3) is 0 Å². The molecule has 0 saturated carbocycles. The Morgan fingerprint density at radius 3 is 1.94 bits per heavy atom. The first-order valence-electron chi connectivity index (χ1n) is 4.26. The number of urea groups is 1. The van der Waals surface area contributed by atoms with Crippen molar-refractivity contribution in [3.8, 4) is 0 Å². The van der Waals surface area contributed by atoms with Crippen LogP contribution >= 0.6 is 11.6 Å². The number of carbonyl (C=O) groups is 1. The lowest BCUT2D eigenvalue weighted by Crippen LogP contribution is -2.54. The number of nitrogens with one attached hydrogen (secondary N) is 1. The molecule has 8 nitrogen and oxygen atoms in total. The number of hydrogen-bond donors (Lipinski definition) is 2. The minimum Gasteiger partial charge on any atom is -0.293 e. The van der Waals surface area contributed by atoms with Gasteiger partial charge in [0, 0.05) is 24.9 Å². The van der Waals surface area contributed by atoms with Crippen LogP contribution in [-0.2, 0) is 19.7 Å². The van der Waals surface area contributed by atoms with Crippen LogP contribution < -0.4 is 11.3 Å². The predicted octanol–water partition coefficient (Wildman–Crippen LogP) is -1.52. The van der Waals surface area contributed by atoms with Crippen LogP contribution in [0.5, 0.6) is 0 Å². The Bertz CT molecular complexity index is 442. The third kappa shape index (κ3) is 4.66. The van der Waals surface area contributed by atoms with Crippen molar-refractivity contribution in [2.45, 2.75) is 4.71 Å². The third-order valence-corrected chi connectivity index (χ3v) is 5.94. The molecule has 0 aliphatic carbocycles. The Kier molecular flexibility index (Phi) is 5.65. The summed E-state index contributed by atoms with van der Waals surface area (Å²) in [5.41, 5.74) is 1.67. The van der Waals surface area contributed by atoms with Crippen molar-refractivity contribution in [3.63, 3.8) is 0 Å². The second-order valence-corrected chi connectivity index (χ2v) is 8.19. The number of rotatable bonds is 5. The molecule has 0 saturated heterocycles. The molecule has 0 spiro atoms. The molecule has 0 aromatic heterocycles. The van der Waals surface area contributed by atoms with Crippen LogP contribution in [0.2, 0.25) is 0 Å². The Morgan fingerprint density at radius 2 is 1.71 bits per heavy atom. The van der Waals surface area contributed by atoms with E-state index in [1.165, 1.54) is 0 Å². The number of carbonyl (C=O) groups excluding carboxylic acids is 1. The molecule has 0 bridgehead atoms. The number of halogens is 1. The molecule has 0 unspecified atom stereocenters. The summed E-state index contributed by atoms with van der Waals surface area (Å²) in [7, 11) is -8.07. The number of alkyl halides is 1. The molecule has 0 rings (SSSR count). The van der Waals surface area contributed by atoms with Gasteiger partial charge in [-0.2, -0.15) is 0 Å². The van der Waals surface area contributed by atoms with Gasteiger partial charge in [-0.1, -0.05) is 0 Å². The molecule has 11 heteroatoms. The monoisotopic (exact) mass is 307 g/mol. The molecular weight excluding hydrogens is 294 g/mol. The van der Waals surface area contributed by atoms with E-state index in [1.54, 1.807) is 5.43 Å². The summed E-state index contributed by atoms with van der Waals surface area (Å²) in [5.74, 6) is 4.72. The molecule has 17 heavy (non-hydrogen) atoms. The average molecular weight is 308 g/mol. The molecule has 3 N–H and O–H groups in total. The Morgan fingerprint density at radius 1 is 1.29 bits per heavy atom. The Labute approximate surface area is 105 Å². The molecule has 0 heterocycles. The van der Waals surface area contributed by atoms with E-state index in [2.05, 4.69) is 0 Å². The van der Waals surface area contributed by atoms with Gasteiger partial charge in [0.1, 0.15) is 0 Å². The SMILES string of the molecule is CS(=O)(=O)C(N(CCCl)C(=O)NN)S(C)(=O)=O. The molecule has 0 aliphatic heterocycles. The van der Waals surface area contributed by atoms with Crippen molar-refractivity contribution in [1.29, 1.82) is 0 Å². The minimum atomic E-state index is -4.04. The van der Waals surface area contributed by atoms with E-state index in [-0.39, 0.29) is 12.4 Å². The van der Waals surface area contributed by atoms with Gasteiger partial charge in [-0.3, -0.25) is 10.3 Å². The van der Waals surface area contributed by atoms with Gasteiger partial charge in [0.2, 0.25) is 4.71 Å². The fourth-order valence-corrected chi connectivity index (χ4v) is 5.31. The van der Waals surface area contributed by atoms with Crippen molar-refractivity contribution < 1.29 is 21.6 Å². The van der Waals surface area contributed by atoms with E-state index in [0.29, 0.717) is 17.4 Å². The number of hydrazine groups is 1. The fraction of sp³-hybridized carbons (Fsp3) is 0.833. The van der Waals surface area contributed by atoms with Crippen molar-refractivity contribution in [2.24, 2.45) is 5.84 Å². The molecule has 0 aromatic rings. The van der Waals surface area contributed by atoms with Crippen molar-refractivity contribution >= 4 is 37.3 Å².